The van der Waals surface area contributed by atoms with E-state index in [1.807, 2.05) is 48.5 Å². The van der Waals surface area contributed by atoms with Gasteiger partial charge in [0.15, 0.2) is 0 Å². The minimum atomic E-state index is -0.0444. The van der Waals surface area contributed by atoms with E-state index in [2.05, 4.69) is 21.2 Å². The van der Waals surface area contributed by atoms with Crippen molar-refractivity contribution in [3.8, 4) is 5.75 Å². The number of nitrogens with one attached hydrogen (secondary N) is 1. The molecular formula is C15H14BrNO2. The molecule has 2 rings (SSSR count). The maximum absolute atomic E-state index is 11.9. The van der Waals surface area contributed by atoms with Crippen LogP contribution in [0, 0.1) is 0 Å². The van der Waals surface area contributed by atoms with Gasteiger partial charge in [-0.05, 0) is 45.8 Å². The summed E-state index contributed by atoms with van der Waals surface area (Å²) in [5.74, 6) is 0.743. The second-order valence-electron chi connectivity index (χ2n) is 4.05. The van der Waals surface area contributed by atoms with Gasteiger partial charge >= 0.3 is 0 Å². The molecule has 0 saturated heterocycles. The molecule has 3 nitrogen and oxygen atoms in total. The zero-order chi connectivity index (χ0) is 13.7. The molecule has 0 aromatic heterocycles. The van der Waals surface area contributed by atoms with Crippen LogP contribution in [0.4, 0.5) is 5.69 Å². The highest BCUT2D eigenvalue weighted by Gasteiger charge is 2.06. The summed E-state index contributed by atoms with van der Waals surface area (Å²) in [6.45, 7) is 0. The van der Waals surface area contributed by atoms with E-state index >= 15 is 0 Å². The molecule has 4 heteroatoms. The van der Waals surface area contributed by atoms with E-state index in [1.165, 1.54) is 0 Å². The summed E-state index contributed by atoms with van der Waals surface area (Å²) in [4.78, 5) is 11.9. The Balaban J connectivity index is 1.99. The summed E-state index contributed by atoms with van der Waals surface area (Å²) in [5, 5.41) is 2.87. The second kappa shape index (κ2) is 6.38. The van der Waals surface area contributed by atoms with E-state index in [0.717, 1.165) is 21.5 Å². The van der Waals surface area contributed by atoms with E-state index in [0.29, 0.717) is 6.42 Å². The number of halogens is 1. The van der Waals surface area contributed by atoms with E-state index < -0.39 is 0 Å². The molecule has 0 fully saturated rings. The lowest BCUT2D eigenvalue weighted by atomic mass is 10.1. The molecule has 1 amide bonds. The van der Waals surface area contributed by atoms with E-state index in [-0.39, 0.29) is 5.91 Å². The zero-order valence-electron chi connectivity index (χ0n) is 10.5. The lowest BCUT2D eigenvalue weighted by Crippen LogP contribution is -2.14. The lowest BCUT2D eigenvalue weighted by molar-refractivity contribution is -0.115. The first-order valence-corrected chi connectivity index (χ1v) is 6.65. The number of methoxy groups -OCH3 is 1. The van der Waals surface area contributed by atoms with Crippen LogP contribution in [-0.2, 0) is 11.2 Å². The van der Waals surface area contributed by atoms with Crippen LogP contribution in [0.3, 0.4) is 0 Å². The maximum atomic E-state index is 11.9. The molecule has 2 aromatic carbocycles. The van der Waals surface area contributed by atoms with Gasteiger partial charge in [0.05, 0.1) is 19.2 Å². The van der Waals surface area contributed by atoms with Crippen molar-refractivity contribution in [1.82, 2.24) is 0 Å². The van der Waals surface area contributed by atoms with Gasteiger partial charge in [-0.3, -0.25) is 4.79 Å². The molecule has 0 aliphatic rings. The number of para-hydroxylation sites is 1. The predicted octanol–water partition coefficient (Wildman–Crippen LogP) is 3.64. The third-order valence-corrected chi connectivity index (χ3v) is 3.36. The van der Waals surface area contributed by atoms with Crippen molar-refractivity contribution in [3.63, 3.8) is 0 Å². The van der Waals surface area contributed by atoms with Gasteiger partial charge in [0.25, 0.3) is 0 Å². The number of carbonyl (C=O) groups excluding carboxylic acids is 1. The Morgan fingerprint density at radius 2 is 1.84 bits per heavy atom. The Labute approximate surface area is 120 Å². The summed E-state index contributed by atoms with van der Waals surface area (Å²) >= 11 is 3.40. The van der Waals surface area contributed by atoms with Crippen molar-refractivity contribution in [2.24, 2.45) is 0 Å². The van der Waals surface area contributed by atoms with Crippen molar-refractivity contribution in [2.45, 2.75) is 6.42 Å². The number of ether oxygens (including phenoxy) is 1. The van der Waals surface area contributed by atoms with Crippen LogP contribution < -0.4 is 10.1 Å². The lowest BCUT2D eigenvalue weighted by Gasteiger charge is -2.07. The molecule has 0 aliphatic carbocycles. The molecule has 0 atom stereocenters. The fraction of sp³-hybridized carbons (Fsp3) is 0.133. The van der Waals surface area contributed by atoms with Gasteiger partial charge in [0.2, 0.25) is 5.91 Å². The summed E-state index contributed by atoms with van der Waals surface area (Å²) in [5.41, 5.74) is 1.73. The molecule has 0 bridgehead atoms. The Kier molecular flexibility index (Phi) is 4.58. The molecule has 98 valence electrons. The maximum Gasteiger partial charge on any atom is 0.228 e. The van der Waals surface area contributed by atoms with Gasteiger partial charge < -0.3 is 10.1 Å². The van der Waals surface area contributed by atoms with Crippen molar-refractivity contribution in [3.05, 3.63) is 58.6 Å². The number of hydrogen-bond acceptors (Lipinski definition) is 2. The molecule has 0 aliphatic heterocycles. The number of rotatable bonds is 4. The number of amides is 1. The monoisotopic (exact) mass is 319 g/mol. The normalized spacial score (nSPS) is 10.0. The minimum absolute atomic E-state index is 0.0444. The Hall–Kier alpha value is -1.81. The fourth-order valence-corrected chi connectivity index (χ4v) is 2.07. The third kappa shape index (κ3) is 3.83. The molecule has 19 heavy (non-hydrogen) atoms. The second-order valence-corrected chi connectivity index (χ2v) is 4.91. The number of carbonyl (C=O) groups is 1. The Morgan fingerprint density at radius 3 is 2.47 bits per heavy atom. The molecule has 0 saturated carbocycles. The summed E-state index contributed by atoms with van der Waals surface area (Å²) in [6, 6.07) is 15.0. The molecule has 2 aromatic rings. The summed E-state index contributed by atoms with van der Waals surface area (Å²) in [7, 11) is 1.62. The van der Waals surface area contributed by atoms with Crippen LogP contribution in [0.1, 0.15) is 5.56 Å². The molecular weight excluding hydrogens is 306 g/mol. The summed E-state index contributed by atoms with van der Waals surface area (Å²) < 4.78 is 5.95. The van der Waals surface area contributed by atoms with Crippen molar-refractivity contribution >= 4 is 27.5 Å². The van der Waals surface area contributed by atoms with Crippen LogP contribution in [0.2, 0.25) is 0 Å². The highest BCUT2D eigenvalue weighted by atomic mass is 79.9. The van der Waals surface area contributed by atoms with Gasteiger partial charge in [0.1, 0.15) is 5.75 Å². The first-order chi connectivity index (χ1) is 9.19. The van der Waals surface area contributed by atoms with Crippen LogP contribution in [0.5, 0.6) is 5.75 Å². The Morgan fingerprint density at radius 1 is 1.16 bits per heavy atom. The fourth-order valence-electron chi connectivity index (χ4n) is 1.69. The number of benzene rings is 2. The highest BCUT2D eigenvalue weighted by molar-refractivity contribution is 9.10. The van der Waals surface area contributed by atoms with Gasteiger partial charge in [-0.25, -0.2) is 0 Å². The van der Waals surface area contributed by atoms with Gasteiger partial charge in [-0.15, -0.1) is 0 Å². The van der Waals surface area contributed by atoms with Crippen molar-refractivity contribution in [2.75, 3.05) is 12.4 Å². The first kappa shape index (κ1) is 13.6. The molecule has 0 radical (unpaired) electrons. The van der Waals surface area contributed by atoms with Crippen molar-refractivity contribution < 1.29 is 9.53 Å². The molecule has 1 N–H and O–H groups in total. The smallest absolute Gasteiger partial charge is 0.228 e. The first-order valence-electron chi connectivity index (χ1n) is 5.86. The zero-order valence-corrected chi connectivity index (χ0v) is 12.1. The average Bonchev–Trinajstić information content (AvgIpc) is 2.42. The topological polar surface area (TPSA) is 38.3 Å². The van der Waals surface area contributed by atoms with Gasteiger partial charge in [-0.2, -0.15) is 0 Å². The largest absolute Gasteiger partial charge is 0.497 e. The number of anilines is 1. The molecule has 0 unspecified atom stereocenters. The average molecular weight is 320 g/mol. The number of hydrogen-bond donors (Lipinski definition) is 1. The van der Waals surface area contributed by atoms with E-state index in [4.69, 9.17) is 4.74 Å². The van der Waals surface area contributed by atoms with Gasteiger partial charge in [0, 0.05) is 4.47 Å². The van der Waals surface area contributed by atoms with Crippen LogP contribution in [0.15, 0.2) is 53.0 Å². The minimum Gasteiger partial charge on any atom is -0.497 e. The molecule has 0 spiro atoms. The highest BCUT2D eigenvalue weighted by Crippen LogP contribution is 2.21. The van der Waals surface area contributed by atoms with E-state index in [1.54, 1.807) is 7.11 Å². The quantitative estimate of drug-likeness (QED) is 0.934. The third-order valence-electron chi connectivity index (χ3n) is 2.67. The van der Waals surface area contributed by atoms with Crippen molar-refractivity contribution in [1.29, 1.82) is 0 Å². The molecule has 0 heterocycles. The predicted molar refractivity (Wildman–Crippen MR) is 79.5 cm³/mol. The summed E-state index contributed by atoms with van der Waals surface area (Å²) in [6.07, 6.45) is 0.339. The Bertz CT molecular complexity index is 567. The standard InChI is InChI=1S/C15H14BrNO2/c1-19-12-8-6-11(7-9-12)10-15(18)17-14-5-3-2-4-13(14)16/h2-9H,10H2,1H3,(H,17,18). The van der Waals surface area contributed by atoms with E-state index in [9.17, 15) is 4.79 Å². The SMILES string of the molecule is COc1ccc(CC(=O)Nc2ccccc2Br)cc1. The van der Waals surface area contributed by atoms with Crippen LogP contribution in [0.25, 0.3) is 0 Å². The van der Waals surface area contributed by atoms with Gasteiger partial charge in [-0.1, -0.05) is 24.3 Å². The van der Waals surface area contributed by atoms with Crippen LogP contribution >= 0.6 is 15.9 Å². The van der Waals surface area contributed by atoms with Crippen LogP contribution in [-0.4, -0.2) is 13.0 Å².